The van der Waals surface area contributed by atoms with Crippen LogP contribution in [0.4, 0.5) is 0 Å². The molecule has 1 aliphatic heterocycles. The summed E-state index contributed by atoms with van der Waals surface area (Å²) in [5.74, 6) is 1.37. The zero-order chi connectivity index (χ0) is 17.6. The van der Waals surface area contributed by atoms with Gasteiger partial charge in [0.25, 0.3) is 0 Å². The van der Waals surface area contributed by atoms with E-state index in [0.29, 0.717) is 19.1 Å². The van der Waals surface area contributed by atoms with Crippen molar-refractivity contribution >= 4 is 0 Å². The summed E-state index contributed by atoms with van der Waals surface area (Å²) in [4.78, 5) is 2.32. The molecule has 3 heteroatoms. The molecule has 1 N–H and O–H groups in total. The number of benzene rings is 2. The van der Waals surface area contributed by atoms with Crippen molar-refractivity contribution in [2.45, 2.75) is 45.3 Å². The molecule has 134 valence electrons. The predicted molar refractivity (Wildman–Crippen MR) is 102 cm³/mol. The van der Waals surface area contributed by atoms with Crippen LogP contribution in [0, 0.1) is 0 Å². The summed E-state index contributed by atoms with van der Waals surface area (Å²) >= 11 is 0. The van der Waals surface area contributed by atoms with Gasteiger partial charge in [0.05, 0.1) is 0 Å². The Hall–Kier alpha value is -1.84. The Morgan fingerprint density at radius 2 is 1.80 bits per heavy atom. The number of aliphatic hydroxyl groups is 1. The second kappa shape index (κ2) is 8.50. The molecule has 25 heavy (non-hydrogen) atoms. The maximum absolute atomic E-state index is 10.4. The molecule has 0 aromatic heterocycles. The van der Waals surface area contributed by atoms with Gasteiger partial charge >= 0.3 is 0 Å². The fourth-order valence-corrected chi connectivity index (χ4v) is 3.49. The monoisotopic (exact) mass is 339 g/mol. The summed E-state index contributed by atoms with van der Waals surface area (Å²) in [6.07, 6.45) is 1.66. The first kappa shape index (κ1) is 18.0. The van der Waals surface area contributed by atoms with Crippen molar-refractivity contribution in [3.63, 3.8) is 0 Å². The average Bonchev–Trinajstić information content (AvgIpc) is 2.66. The Bertz CT molecular complexity index is 685. The average molecular weight is 339 g/mol. The van der Waals surface area contributed by atoms with Crippen LogP contribution in [0.25, 0.3) is 0 Å². The smallest absolute Gasteiger partial charge is 0.122 e. The van der Waals surface area contributed by atoms with E-state index in [1.54, 1.807) is 0 Å². The van der Waals surface area contributed by atoms with Crippen LogP contribution in [0.15, 0.2) is 48.5 Å². The van der Waals surface area contributed by atoms with Crippen molar-refractivity contribution in [1.29, 1.82) is 0 Å². The van der Waals surface area contributed by atoms with E-state index in [0.717, 1.165) is 31.7 Å². The highest BCUT2D eigenvalue weighted by molar-refractivity contribution is 5.36. The lowest BCUT2D eigenvalue weighted by Crippen LogP contribution is -2.38. The Balaban J connectivity index is 1.53. The van der Waals surface area contributed by atoms with Gasteiger partial charge < -0.3 is 9.84 Å². The number of fused-ring (bicyclic) bond motifs is 1. The molecule has 1 aliphatic rings. The molecule has 0 aliphatic carbocycles. The van der Waals surface area contributed by atoms with Gasteiger partial charge in [0, 0.05) is 19.6 Å². The number of ether oxygens (including phenoxy) is 1. The lowest BCUT2D eigenvalue weighted by molar-refractivity contribution is 0.0633. The van der Waals surface area contributed by atoms with Gasteiger partial charge in [0.1, 0.15) is 18.5 Å². The fourth-order valence-electron chi connectivity index (χ4n) is 3.49. The van der Waals surface area contributed by atoms with E-state index in [-0.39, 0.29) is 0 Å². The second-order valence-electron chi connectivity index (χ2n) is 7.07. The third-order valence-electron chi connectivity index (χ3n) is 5.17. The minimum atomic E-state index is -0.477. The summed E-state index contributed by atoms with van der Waals surface area (Å²) in [5, 5.41) is 10.4. The van der Waals surface area contributed by atoms with Crippen LogP contribution in [0.3, 0.4) is 0 Å². The van der Waals surface area contributed by atoms with Gasteiger partial charge in [-0.25, -0.2) is 0 Å². The van der Waals surface area contributed by atoms with E-state index >= 15 is 0 Å². The number of rotatable bonds is 7. The van der Waals surface area contributed by atoms with E-state index in [1.807, 2.05) is 12.1 Å². The predicted octanol–water partition coefficient (Wildman–Crippen LogP) is 4.00. The van der Waals surface area contributed by atoms with Gasteiger partial charge in [-0.2, -0.15) is 0 Å². The molecule has 3 nitrogen and oxygen atoms in total. The first-order chi connectivity index (χ1) is 12.2. The molecule has 0 spiro atoms. The van der Waals surface area contributed by atoms with Crippen molar-refractivity contribution in [2.24, 2.45) is 0 Å². The Morgan fingerprint density at radius 3 is 2.60 bits per heavy atom. The third kappa shape index (κ3) is 4.62. The van der Waals surface area contributed by atoms with Crippen molar-refractivity contribution in [2.75, 3.05) is 19.7 Å². The Morgan fingerprint density at radius 1 is 1.08 bits per heavy atom. The second-order valence-corrected chi connectivity index (χ2v) is 7.07. The van der Waals surface area contributed by atoms with Gasteiger partial charge in [-0.3, -0.25) is 4.90 Å². The van der Waals surface area contributed by atoms with Crippen molar-refractivity contribution < 1.29 is 9.84 Å². The third-order valence-corrected chi connectivity index (χ3v) is 5.17. The molecule has 3 rings (SSSR count). The highest BCUT2D eigenvalue weighted by atomic mass is 16.5. The molecular weight excluding hydrogens is 310 g/mol. The SMILES string of the molecule is CC[C@H](C)c1ccccc1OC[C@H](O)CN1CCc2ccccc2C1. The summed E-state index contributed by atoms with van der Waals surface area (Å²) < 4.78 is 5.96. The molecule has 2 atom stereocenters. The van der Waals surface area contributed by atoms with Gasteiger partial charge in [-0.15, -0.1) is 0 Å². The first-order valence-electron chi connectivity index (χ1n) is 9.36. The number of nitrogens with zero attached hydrogens (tertiary/aromatic N) is 1. The number of hydrogen-bond donors (Lipinski definition) is 1. The molecule has 0 bridgehead atoms. The van der Waals surface area contributed by atoms with Crippen LogP contribution < -0.4 is 4.74 Å². The zero-order valence-electron chi connectivity index (χ0n) is 15.3. The zero-order valence-corrected chi connectivity index (χ0v) is 15.3. The molecule has 1 heterocycles. The number of aliphatic hydroxyl groups excluding tert-OH is 1. The minimum Gasteiger partial charge on any atom is -0.491 e. The molecule has 0 amide bonds. The van der Waals surface area contributed by atoms with Crippen molar-refractivity contribution in [3.05, 3.63) is 65.2 Å². The lowest BCUT2D eigenvalue weighted by Gasteiger charge is -2.30. The van der Waals surface area contributed by atoms with Crippen molar-refractivity contribution in [1.82, 2.24) is 4.90 Å². The van der Waals surface area contributed by atoms with Crippen LogP contribution in [0.5, 0.6) is 5.75 Å². The number of hydrogen-bond acceptors (Lipinski definition) is 3. The highest BCUT2D eigenvalue weighted by Gasteiger charge is 2.19. The number of β-amino-alcohol motifs (C(OH)–C–C–N with tert-alkyl or cyclic N) is 1. The maximum Gasteiger partial charge on any atom is 0.122 e. The van der Waals surface area contributed by atoms with E-state index < -0.39 is 6.10 Å². The summed E-state index contributed by atoms with van der Waals surface area (Å²) in [6.45, 7) is 7.30. The fraction of sp³-hybridized carbons (Fsp3) is 0.455. The molecule has 2 aromatic rings. The quantitative estimate of drug-likeness (QED) is 0.828. The minimum absolute atomic E-state index is 0.339. The van der Waals surface area contributed by atoms with Crippen LogP contribution in [-0.2, 0) is 13.0 Å². The van der Waals surface area contributed by atoms with Crippen molar-refractivity contribution in [3.8, 4) is 5.75 Å². The first-order valence-corrected chi connectivity index (χ1v) is 9.36. The molecule has 2 aromatic carbocycles. The van der Waals surface area contributed by atoms with E-state index in [1.165, 1.54) is 16.7 Å². The molecule has 0 saturated carbocycles. The molecular formula is C22H29NO2. The topological polar surface area (TPSA) is 32.7 Å². The van der Waals surface area contributed by atoms with Gasteiger partial charge in [0.15, 0.2) is 0 Å². The summed E-state index contributed by atoms with van der Waals surface area (Å²) in [7, 11) is 0. The number of para-hydroxylation sites is 1. The van der Waals surface area contributed by atoms with Gasteiger partial charge in [-0.1, -0.05) is 56.3 Å². The molecule has 0 saturated heterocycles. The molecule has 0 unspecified atom stereocenters. The van der Waals surface area contributed by atoms with Gasteiger partial charge in [0.2, 0.25) is 0 Å². The van der Waals surface area contributed by atoms with Crippen LogP contribution >= 0.6 is 0 Å². The molecule has 0 radical (unpaired) electrons. The maximum atomic E-state index is 10.4. The summed E-state index contributed by atoms with van der Waals surface area (Å²) in [6, 6.07) is 16.8. The summed E-state index contributed by atoms with van der Waals surface area (Å²) in [5.41, 5.74) is 4.04. The Kier molecular flexibility index (Phi) is 6.11. The van der Waals surface area contributed by atoms with E-state index in [4.69, 9.17) is 4.74 Å². The normalized spacial score (nSPS) is 16.9. The lowest BCUT2D eigenvalue weighted by atomic mass is 9.98. The van der Waals surface area contributed by atoms with E-state index in [9.17, 15) is 5.11 Å². The van der Waals surface area contributed by atoms with Crippen LogP contribution in [-0.4, -0.2) is 35.8 Å². The standard InChI is InChI=1S/C22H29NO2/c1-3-17(2)21-10-6-7-11-22(21)25-16-20(24)15-23-13-12-18-8-4-5-9-19(18)14-23/h4-11,17,20,24H,3,12-16H2,1-2H3/t17-,20+/m0/s1. The van der Waals surface area contributed by atoms with Gasteiger partial charge in [-0.05, 0) is 41.5 Å². The van der Waals surface area contributed by atoms with Crippen LogP contribution in [0.1, 0.15) is 42.9 Å². The Labute approximate surface area is 151 Å². The highest BCUT2D eigenvalue weighted by Crippen LogP contribution is 2.28. The molecule has 0 fully saturated rings. The van der Waals surface area contributed by atoms with E-state index in [2.05, 4.69) is 55.1 Å². The van der Waals surface area contributed by atoms with Crippen LogP contribution in [0.2, 0.25) is 0 Å². The largest absolute Gasteiger partial charge is 0.491 e.